The van der Waals surface area contributed by atoms with Gasteiger partial charge in [-0.25, -0.2) is 4.98 Å². The normalized spacial score (nSPS) is 10.7. The van der Waals surface area contributed by atoms with E-state index in [0.29, 0.717) is 10.8 Å². The number of imidazole rings is 1. The molecule has 0 saturated carbocycles. The second-order valence-electron chi connectivity index (χ2n) is 7.51. The average molecular weight is 459 g/mol. The summed E-state index contributed by atoms with van der Waals surface area (Å²) in [5, 5.41) is 14.4. The molecule has 33 heavy (non-hydrogen) atoms. The number of benzene rings is 3. The number of nitrogens with one attached hydrogen (secondary N) is 1. The van der Waals surface area contributed by atoms with Crippen molar-refractivity contribution in [2.24, 2.45) is 0 Å². The Morgan fingerprint density at radius 2 is 1.73 bits per heavy atom. The van der Waals surface area contributed by atoms with Gasteiger partial charge in [-0.05, 0) is 31.0 Å². The summed E-state index contributed by atoms with van der Waals surface area (Å²) in [5.74, 6) is -0.156. The fourth-order valence-electron chi connectivity index (χ4n) is 3.65. The number of nitrogens with zero attached hydrogens (tertiary/aromatic N) is 3. The molecule has 0 bridgehead atoms. The fourth-order valence-corrected chi connectivity index (χ4v) is 4.43. The van der Waals surface area contributed by atoms with Crippen molar-refractivity contribution in [3.05, 3.63) is 100 Å². The van der Waals surface area contributed by atoms with E-state index in [0.717, 1.165) is 28.1 Å². The SMILES string of the molecule is Cc1cccc(C)c1-n1c(-c2ccccc2)cnc1SCC(=O)Nc1cccc([N+](=O)[O-])c1. The van der Waals surface area contributed by atoms with Gasteiger partial charge < -0.3 is 5.32 Å². The summed E-state index contributed by atoms with van der Waals surface area (Å²) in [7, 11) is 0. The minimum Gasteiger partial charge on any atom is -0.325 e. The topological polar surface area (TPSA) is 90.1 Å². The molecule has 0 aliphatic heterocycles. The van der Waals surface area contributed by atoms with Crippen molar-refractivity contribution in [1.82, 2.24) is 9.55 Å². The molecule has 0 spiro atoms. The van der Waals surface area contributed by atoms with Gasteiger partial charge in [-0.3, -0.25) is 19.5 Å². The molecule has 0 saturated heterocycles. The molecule has 0 fully saturated rings. The molecule has 0 atom stereocenters. The first-order valence-corrected chi connectivity index (χ1v) is 11.3. The zero-order valence-corrected chi connectivity index (χ0v) is 19.0. The third-order valence-electron chi connectivity index (χ3n) is 5.14. The van der Waals surface area contributed by atoms with Gasteiger partial charge in [-0.2, -0.15) is 0 Å². The van der Waals surface area contributed by atoms with Gasteiger partial charge in [-0.15, -0.1) is 0 Å². The largest absolute Gasteiger partial charge is 0.325 e. The fraction of sp³-hybridized carbons (Fsp3) is 0.120. The molecule has 166 valence electrons. The quantitative estimate of drug-likeness (QED) is 0.215. The zero-order valence-electron chi connectivity index (χ0n) is 18.2. The smallest absolute Gasteiger partial charge is 0.271 e. The molecule has 7 nitrogen and oxygen atoms in total. The van der Waals surface area contributed by atoms with Crippen LogP contribution in [0.1, 0.15) is 11.1 Å². The number of carbonyl (C=O) groups is 1. The summed E-state index contributed by atoms with van der Waals surface area (Å²) in [4.78, 5) is 27.7. The van der Waals surface area contributed by atoms with Crippen molar-refractivity contribution in [1.29, 1.82) is 0 Å². The van der Waals surface area contributed by atoms with Crippen LogP contribution in [0, 0.1) is 24.0 Å². The van der Waals surface area contributed by atoms with Gasteiger partial charge >= 0.3 is 0 Å². The molecule has 0 unspecified atom stereocenters. The first-order chi connectivity index (χ1) is 15.9. The lowest BCUT2D eigenvalue weighted by atomic mass is 10.1. The van der Waals surface area contributed by atoms with Crippen LogP contribution < -0.4 is 5.32 Å². The van der Waals surface area contributed by atoms with Gasteiger partial charge in [0.1, 0.15) is 0 Å². The average Bonchev–Trinajstić information content (AvgIpc) is 3.22. The summed E-state index contributed by atoms with van der Waals surface area (Å²) in [6.07, 6.45) is 1.82. The van der Waals surface area contributed by atoms with Crippen molar-refractivity contribution in [3.63, 3.8) is 0 Å². The van der Waals surface area contributed by atoms with Crippen LogP contribution in [0.25, 0.3) is 16.9 Å². The number of rotatable bonds is 7. The van der Waals surface area contributed by atoms with Crippen LogP contribution in [-0.2, 0) is 4.79 Å². The number of thioether (sulfide) groups is 1. The molecular weight excluding hydrogens is 436 g/mol. The zero-order chi connectivity index (χ0) is 23.4. The number of nitro benzene ring substituents is 1. The van der Waals surface area contributed by atoms with E-state index < -0.39 is 4.92 Å². The van der Waals surface area contributed by atoms with Crippen molar-refractivity contribution in [2.45, 2.75) is 19.0 Å². The van der Waals surface area contributed by atoms with Gasteiger partial charge in [-0.1, -0.05) is 66.4 Å². The van der Waals surface area contributed by atoms with Gasteiger partial charge in [0.25, 0.3) is 5.69 Å². The van der Waals surface area contributed by atoms with E-state index in [2.05, 4.69) is 40.8 Å². The maximum atomic E-state index is 12.6. The van der Waals surface area contributed by atoms with Crippen LogP contribution in [0.15, 0.2) is 84.1 Å². The van der Waals surface area contributed by atoms with Crippen LogP contribution in [0.3, 0.4) is 0 Å². The Balaban J connectivity index is 1.62. The molecule has 8 heteroatoms. The maximum Gasteiger partial charge on any atom is 0.271 e. The van der Waals surface area contributed by atoms with Gasteiger partial charge in [0.05, 0.1) is 28.3 Å². The molecule has 0 radical (unpaired) electrons. The van der Waals surface area contributed by atoms with E-state index in [1.54, 1.807) is 12.1 Å². The van der Waals surface area contributed by atoms with E-state index >= 15 is 0 Å². The second kappa shape index (κ2) is 9.70. The summed E-state index contributed by atoms with van der Waals surface area (Å²) in [6.45, 7) is 4.11. The minimum absolute atomic E-state index is 0.0708. The predicted octanol–water partition coefficient (Wildman–Crippen LogP) is 5.80. The number of para-hydroxylation sites is 1. The van der Waals surface area contributed by atoms with E-state index in [4.69, 9.17) is 0 Å². The molecule has 1 aromatic heterocycles. The molecule has 0 aliphatic carbocycles. The van der Waals surface area contributed by atoms with E-state index in [1.165, 1.54) is 23.9 Å². The van der Waals surface area contributed by atoms with Crippen molar-refractivity contribution in [2.75, 3.05) is 11.1 Å². The summed E-state index contributed by atoms with van der Waals surface area (Å²) in [5.41, 5.74) is 5.53. The van der Waals surface area contributed by atoms with Gasteiger partial charge in [0.15, 0.2) is 5.16 Å². The van der Waals surface area contributed by atoms with Crippen LogP contribution in [0.4, 0.5) is 11.4 Å². The number of aromatic nitrogens is 2. The highest BCUT2D eigenvalue weighted by atomic mass is 32.2. The molecule has 4 rings (SSSR count). The third kappa shape index (κ3) is 4.96. The first-order valence-electron chi connectivity index (χ1n) is 10.3. The van der Waals surface area contributed by atoms with Crippen molar-refractivity contribution in [3.8, 4) is 16.9 Å². The Labute approximate surface area is 195 Å². The highest BCUT2D eigenvalue weighted by Gasteiger charge is 2.18. The predicted molar refractivity (Wildman–Crippen MR) is 131 cm³/mol. The molecule has 4 aromatic rings. The summed E-state index contributed by atoms with van der Waals surface area (Å²) in [6, 6.07) is 22.0. The Morgan fingerprint density at radius 1 is 1.03 bits per heavy atom. The number of amides is 1. The molecule has 1 heterocycles. The van der Waals surface area contributed by atoms with Crippen molar-refractivity contribution >= 4 is 29.0 Å². The monoisotopic (exact) mass is 458 g/mol. The third-order valence-corrected chi connectivity index (χ3v) is 6.09. The Hall–Kier alpha value is -3.91. The lowest BCUT2D eigenvalue weighted by Crippen LogP contribution is -2.15. The number of hydrogen-bond donors (Lipinski definition) is 1. The number of anilines is 1. The number of hydrogen-bond acceptors (Lipinski definition) is 5. The number of carbonyl (C=O) groups excluding carboxylic acids is 1. The van der Waals surface area contributed by atoms with Gasteiger partial charge in [0, 0.05) is 23.4 Å². The maximum absolute atomic E-state index is 12.6. The lowest BCUT2D eigenvalue weighted by Gasteiger charge is -2.17. The summed E-state index contributed by atoms with van der Waals surface area (Å²) >= 11 is 1.32. The highest BCUT2D eigenvalue weighted by molar-refractivity contribution is 7.99. The Bertz CT molecular complexity index is 1300. The molecule has 1 amide bonds. The van der Waals surface area contributed by atoms with Gasteiger partial charge in [0.2, 0.25) is 5.91 Å². The van der Waals surface area contributed by atoms with E-state index in [1.807, 2.05) is 42.6 Å². The molecular formula is C25H22N4O3S. The first kappa shape index (κ1) is 22.3. The lowest BCUT2D eigenvalue weighted by molar-refractivity contribution is -0.384. The molecule has 3 aromatic carbocycles. The highest BCUT2D eigenvalue weighted by Crippen LogP contribution is 2.32. The Kier molecular flexibility index (Phi) is 6.55. The number of non-ortho nitro benzene ring substituents is 1. The minimum atomic E-state index is -0.489. The molecule has 1 N–H and O–H groups in total. The summed E-state index contributed by atoms with van der Waals surface area (Å²) < 4.78 is 2.09. The van der Waals surface area contributed by atoms with Crippen LogP contribution in [0.2, 0.25) is 0 Å². The standard InChI is InChI=1S/C25H22N4O3S/c1-17-8-6-9-18(2)24(17)28-22(19-10-4-3-5-11-19)15-26-25(28)33-16-23(30)27-20-12-7-13-21(14-20)29(31)32/h3-15H,16H2,1-2H3,(H,27,30). The van der Waals surface area contributed by atoms with Crippen molar-refractivity contribution < 1.29 is 9.72 Å². The Morgan fingerprint density at radius 3 is 2.42 bits per heavy atom. The molecule has 0 aliphatic rings. The van der Waals surface area contributed by atoms with Crippen LogP contribution in [0.5, 0.6) is 0 Å². The van der Waals surface area contributed by atoms with E-state index in [9.17, 15) is 14.9 Å². The second-order valence-corrected chi connectivity index (χ2v) is 8.45. The number of nitro groups is 1. The van der Waals surface area contributed by atoms with Crippen LogP contribution in [-0.4, -0.2) is 26.1 Å². The number of aryl methyl sites for hydroxylation is 2. The van der Waals surface area contributed by atoms with Crippen LogP contribution >= 0.6 is 11.8 Å². The van der Waals surface area contributed by atoms with E-state index in [-0.39, 0.29) is 17.3 Å².